The molecule has 1 aliphatic heterocycles. The molecule has 0 saturated carbocycles. The molecule has 1 heterocycles. The van der Waals surface area contributed by atoms with Crippen molar-refractivity contribution in [3.05, 3.63) is 29.8 Å². The number of halogens is 3. The molecule has 140 valence electrons. The zero-order valence-electron chi connectivity index (χ0n) is 14.1. The van der Waals surface area contributed by atoms with Crippen LogP contribution < -0.4 is 10.1 Å². The predicted molar refractivity (Wildman–Crippen MR) is 84.1 cm³/mol. The Bertz CT molecular complexity index is 556. The maximum Gasteiger partial charge on any atom is 0.573 e. The van der Waals surface area contributed by atoms with E-state index < -0.39 is 12.5 Å². The summed E-state index contributed by atoms with van der Waals surface area (Å²) in [4.78, 5) is 12.1. The highest BCUT2D eigenvalue weighted by Crippen LogP contribution is 2.24. The minimum absolute atomic E-state index is 0.0360. The topological polar surface area (TPSA) is 56.8 Å². The Hall–Kier alpha value is -1.80. The first kappa shape index (κ1) is 19.5. The van der Waals surface area contributed by atoms with Crippen molar-refractivity contribution >= 4 is 5.91 Å². The van der Waals surface area contributed by atoms with Crippen LogP contribution in [0, 0.1) is 0 Å². The minimum atomic E-state index is -4.73. The van der Waals surface area contributed by atoms with E-state index in [1.807, 2.05) is 0 Å². The molecular weight excluding hydrogens is 339 g/mol. The molecule has 1 N–H and O–H groups in total. The molecule has 0 bridgehead atoms. The van der Waals surface area contributed by atoms with Crippen LogP contribution in [0.3, 0.4) is 0 Å². The molecule has 0 radical (unpaired) electrons. The monoisotopic (exact) mass is 361 g/mol. The van der Waals surface area contributed by atoms with Gasteiger partial charge in [-0.25, -0.2) is 0 Å². The summed E-state index contributed by atoms with van der Waals surface area (Å²) in [7, 11) is 0. The lowest BCUT2D eigenvalue weighted by atomic mass is 10.1. The zero-order valence-corrected chi connectivity index (χ0v) is 14.1. The van der Waals surface area contributed by atoms with E-state index in [0.717, 1.165) is 19.4 Å². The van der Waals surface area contributed by atoms with Crippen molar-refractivity contribution in [1.29, 1.82) is 0 Å². The zero-order chi connectivity index (χ0) is 18.4. The number of ether oxygens (including phenoxy) is 3. The predicted octanol–water partition coefficient (Wildman–Crippen LogP) is 3.35. The lowest BCUT2D eigenvalue weighted by Gasteiger charge is -2.20. The standard InChI is InChI=1S/C17H22F3NO4/c1-11(13-5-7-14(8-6-13)25-17(18,19)20)21-16(22)12(2)24-10-15-4-3-9-23-15/h5-8,11-12,15H,3-4,9-10H2,1-2H3,(H,21,22). The van der Waals surface area contributed by atoms with Crippen LogP contribution >= 0.6 is 0 Å². The largest absolute Gasteiger partial charge is 0.573 e. The number of rotatable bonds is 7. The fourth-order valence-corrected chi connectivity index (χ4v) is 2.48. The normalized spacial score (nSPS) is 20.1. The molecule has 3 unspecified atom stereocenters. The van der Waals surface area contributed by atoms with Gasteiger partial charge >= 0.3 is 6.36 Å². The smallest absolute Gasteiger partial charge is 0.406 e. The molecule has 1 fully saturated rings. The summed E-state index contributed by atoms with van der Waals surface area (Å²) in [5.74, 6) is -0.593. The van der Waals surface area contributed by atoms with Gasteiger partial charge in [0.1, 0.15) is 11.9 Å². The molecule has 8 heteroatoms. The molecule has 1 aromatic rings. The molecule has 1 saturated heterocycles. The summed E-state index contributed by atoms with van der Waals surface area (Å²) in [5, 5.41) is 2.77. The van der Waals surface area contributed by atoms with E-state index in [-0.39, 0.29) is 23.8 Å². The molecule has 1 aliphatic rings. The maximum absolute atomic E-state index is 12.1. The van der Waals surface area contributed by atoms with Crippen LogP contribution in [0.15, 0.2) is 24.3 Å². The second-order valence-corrected chi connectivity index (χ2v) is 5.96. The van der Waals surface area contributed by atoms with Gasteiger partial charge in [-0.05, 0) is 44.4 Å². The van der Waals surface area contributed by atoms with Crippen molar-refractivity contribution in [3.63, 3.8) is 0 Å². The van der Waals surface area contributed by atoms with Crippen molar-refractivity contribution < 1.29 is 32.2 Å². The minimum Gasteiger partial charge on any atom is -0.406 e. The number of hydrogen-bond acceptors (Lipinski definition) is 4. The van der Waals surface area contributed by atoms with Gasteiger partial charge in [0.2, 0.25) is 5.91 Å². The summed E-state index contributed by atoms with van der Waals surface area (Å²) in [6.45, 7) is 4.48. The molecule has 3 atom stereocenters. The third-order valence-electron chi connectivity index (χ3n) is 3.90. The molecule has 5 nitrogen and oxygen atoms in total. The third-order valence-corrected chi connectivity index (χ3v) is 3.90. The lowest BCUT2D eigenvalue weighted by Crippen LogP contribution is -2.37. The van der Waals surface area contributed by atoms with Crippen LogP contribution in [0.4, 0.5) is 13.2 Å². The number of benzene rings is 1. The van der Waals surface area contributed by atoms with Crippen molar-refractivity contribution in [3.8, 4) is 5.75 Å². The average molecular weight is 361 g/mol. The summed E-state index contributed by atoms with van der Waals surface area (Å²) in [6, 6.07) is 5.00. The van der Waals surface area contributed by atoms with Crippen LogP contribution in [0.25, 0.3) is 0 Å². The first-order chi connectivity index (χ1) is 11.7. The molecule has 0 aromatic heterocycles. The third kappa shape index (κ3) is 6.55. The number of hydrogen-bond donors (Lipinski definition) is 1. The highest BCUT2D eigenvalue weighted by Gasteiger charge is 2.31. The highest BCUT2D eigenvalue weighted by atomic mass is 19.4. The van der Waals surface area contributed by atoms with Gasteiger partial charge in [-0.3, -0.25) is 4.79 Å². The molecule has 1 amide bonds. The number of carbonyl (C=O) groups is 1. The SMILES string of the molecule is CC(OCC1CCCO1)C(=O)NC(C)c1ccc(OC(F)(F)F)cc1. The second-order valence-electron chi connectivity index (χ2n) is 5.96. The Labute approximate surface area is 144 Å². The molecule has 1 aromatic carbocycles. The van der Waals surface area contributed by atoms with E-state index in [0.29, 0.717) is 12.2 Å². The van der Waals surface area contributed by atoms with Crippen molar-refractivity contribution in [1.82, 2.24) is 5.32 Å². The Balaban J connectivity index is 1.81. The average Bonchev–Trinajstić information content (AvgIpc) is 3.05. The number of nitrogens with one attached hydrogen (secondary N) is 1. The van der Waals surface area contributed by atoms with Gasteiger partial charge < -0.3 is 19.5 Å². The summed E-state index contributed by atoms with van der Waals surface area (Å²) >= 11 is 0. The van der Waals surface area contributed by atoms with Crippen LogP contribution in [-0.4, -0.2) is 37.7 Å². The van der Waals surface area contributed by atoms with E-state index in [2.05, 4.69) is 10.1 Å². The van der Waals surface area contributed by atoms with E-state index in [1.165, 1.54) is 24.3 Å². The number of carbonyl (C=O) groups excluding carboxylic acids is 1. The molecular formula is C17H22F3NO4. The van der Waals surface area contributed by atoms with Gasteiger partial charge in [0, 0.05) is 6.61 Å². The van der Waals surface area contributed by atoms with E-state index in [4.69, 9.17) is 9.47 Å². The van der Waals surface area contributed by atoms with Crippen LogP contribution in [0.5, 0.6) is 5.75 Å². The van der Waals surface area contributed by atoms with Gasteiger partial charge in [-0.2, -0.15) is 0 Å². The van der Waals surface area contributed by atoms with Crippen molar-refractivity contribution in [2.24, 2.45) is 0 Å². The van der Waals surface area contributed by atoms with Gasteiger partial charge in [0.25, 0.3) is 0 Å². The van der Waals surface area contributed by atoms with E-state index >= 15 is 0 Å². The highest BCUT2D eigenvalue weighted by molar-refractivity contribution is 5.80. The molecule has 0 aliphatic carbocycles. The fraction of sp³-hybridized carbons (Fsp3) is 0.588. The fourth-order valence-electron chi connectivity index (χ4n) is 2.48. The summed E-state index contributed by atoms with van der Waals surface area (Å²) in [5.41, 5.74) is 0.661. The Morgan fingerprint density at radius 3 is 2.56 bits per heavy atom. The second kappa shape index (κ2) is 8.53. The molecule has 25 heavy (non-hydrogen) atoms. The quantitative estimate of drug-likeness (QED) is 0.809. The number of alkyl halides is 3. The van der Waals surface area contributed by atoms with Crippen LogP contribution in [-0.2, 0) is 14.3 Å². The van der Waals surface area contributed by atoms with E-state index in [1.54, 1.807) is 13.8 Å². The van der Waals surface area contributed by atoms with Gasteiger partial charge in [-0.1, -0.05) is 12.1 Å². The van der Waals surface area contributed by atoms with Crippen molar-refractivity contribution in [2.75, 3.05) is 13.2 Å². The van der Waals surface area contributed by atoms with Crippen LogP contribution in [0.1, 0.15) is 38.3 Å². The maximum atomic E-state index is 12.1. The van der Waals surface area contributed by atoms with E-state index in [9.17, 15) is 18.0 Å². The molecule has 0 spiro atoms. The Morgan fingerprint density at radius 2 is 2.00 bits per heavy atom. The van der Waals surface area contributed by atoms with Gasteiger partial charge in [0.15, 0.2) is 0 Å². The molecule has 2 rings (SSSR count). The van der Waals surface area contributed by atoms with Crippen LogP contribution in [0.2, 0.25) is 0 Å². The first-order valence-corrected chi connectivity index (χ1v) is 8.14. The Kier molecular flexibility index (Phi) is 6.66. The Morgan fingerprint density at radius 1 is 1.32 bits per heavy atom. The van der Waals surface area contributed by atoms with Gasteiger partial charge in [0.05, 0.1) is 18.8 Å². The summed E-state index contributed by atoms with van der Waals surface area (Å²) < 4.78 is 51.2. The van der Waals surface area contributed by atoms with Crippen molar-refractivity contribution in [2.45, 2.75) is 51.3 Å². The first-order valence-electron chi connectivity index (χ1n) is 8.14. The van der Waals surface area contributed by atoms with Gasteiger partial charge in [-0.15, -0.1) is 13.2 Å². The lowest BCUT2D eigenvalue weighted by molar-refractivity contribution is -0.274. The summed E-state index contributed by atoms with van der Waals surface area (Å²) in [6.07, 6.45) is -3.40. The number of amides is 1.